The average molecular weight is 375 g/mol. The van der Waals surface area contributed by atoms with Gasteiger partial charge in [-0.25, -0.2) is 4.39 Å². The van der Waals surface area contributed by atoms with Crippen LogP contribution in [0.1, 0.15) is 43.6 Å². The zero-order valence-electron chi connectivity index (χ0n) is 16.1. The number of nitrogens with one attached hydrogen (secondary N) is 1. The summed E-state index contributed by atoms with van der Waals surface area (Å²) < 4.78 is 25.7. The lowest BCUT2D eigenvalue weighted by atomic mass is 10.1. The third kappa shape index (κ3) is 4.61. The van der Waals surface area contributed by atoms with E-state index in [4.69, 9.17) is 9.47 Å². The number of guanidine groups is 1. The van der Waals surface area contributed by atoms with E-state index in [0.717, 1.165) is 69.9 Å². The molecule has 4 rings (SSSR count). The first-order chi connectivity index (χ1) is 13.2. The Balaban J connectivity index is 1.22. The van der Waals surface area contributed by atoms with Gasteiger partial charge in [0.2, 0.25) is 0 Å². The minimum atomic E-state index is -0.106. The van der Waals surface area contributed by atoms with E-state index in [2.05, 4.69) is 15.2 Å². The van der Waals surface area contributed by atoms with E-state index < -0.39 is 0 Å². The van der Waals surface area contributed by atoms with Crippen LogP contribution in [0.5, 0.6) is 0 Å². The molecule has 3 unspecified atom stereocenters. The van der Waals surface area contributed by atoms with Crippen LogP contribution in [0.3, 0.4) is 0 Å². The third-order valence-corrected chi connectivity index (χ3v) is 5.90. The number of likely N-dealkylation sites (tertiary alicyclic amines) is 1. The second-order valence-electron chi connectivity index (χ2n) is 7.82. The number of piperidine rings is 1. The second kappa shape index (κ2) is 8.57. The predicted octanol–water partition coefficient (Wildman–Crippen LogP) is 2.92. The van der Waals surface area contributed by atoms with Gasteiger partial charge in [0, 0.05) is 38.7 Å². The van der Waals surface area contributed by atoms with Crippen LogP contribution >= 0.6 is 0 Å². The van der Waals surface area contributed by atoms with E-state index in [0.29, 0.717) is 12.2 Å². The topological polar surface area (TPSA) is 46.1 Å². The minimum Gasteiger partial charge on any atom is -0.376 e. The molecular weight excluding hydrogens is 345 g/mol. The summed E-state index contributed by atoms with van der Waals surface area (Å²) >= 11 is 0. The molecule has 5 nitrogen and oxygen atoms in total. The van der Waals surface area contributed by atoms with Crippen molar-refractivity contribution >= 4 is 5.96 Å². The van der Waals surface area contributed by atoms with E-state index in [-0.39, 0.29) is 17.8 Å². The predicted molar refractivity (Wildman–Crippen MR) is 104 cm³/mol. The largest absolute Gasteiger partial charge is 0.376 e. The first-order valence-corrected chi connectivity index (χ1v) is 10.2. The minimum absolute atomic E-state index is 0.106. The number of benzene rings is 1. The summed E-state index contributed by atoms with van der Waals surface area (Å²) in [4.78, 5) is 6.75. The molecule has 3 fully saturated rings. The molecule has 3 atom stereocenters. The monoisotopic (exact) mass is 375 g/mol. The zero-order chi connectivity index (χ0) is 18.6. The van der Waals surface area contributed by atoms with E-state index in [9.17, 15) is 4.39 Å². The van der Waals surface area contributed by atoms with E-state index in [1.165, 1.54) is 0 Å². The van der Waals surface area contributed by atoms with Gasteiger partial charge in [0.05, 0.1) is 18.8 Å². The molecule has 27 heavy (non-hydrogen) atoms. The van der Waals surface area contributed by atoms with Crippen molar-refractivity contribution < 1.29 is 13.9 Å². The van der Waals surface area contributed by atoms with Gasteiger partial charge in [-0.2, -0.15) is 0 Å². The van der Waals surface area contributed by atoms with Gasteiger partial charge in [-0.05, 0) is 43.7 Å². The molecule has 1 aromatic rings. The van der Waals surface area contributed by atoms with E-state index in [1.54, 1.807) is 12.1 Å². The second-order valence-corrected chi connectivity index (χ2v) is 7.82. The summed E-state index contributed by atoms with van der Waals surface area (Å²) in [6, 6.07) is 7.36. The lowest BCUT2D eigenvalue weighted by molar-refractivity contribution is -0.0367. The number of ether oxygens (including phenoxy) is 2. The molecule has 1 aliphatic carbocycles. The van der Waals surface area contributed by atoms with Crippen LogP contribution in [0.15, 0.2) is 29.3 Å². The van der Waals surface area contributed by atoms with E-state index in [1.807, 2.05) is 19.2 Å². The highest BCUT2D eigenvalue weighted by atomic mass is 19.1. The SMILES string of the molecule is CN=C(NC1CC1c1ccccc1F)N1CCC(OCC2CCCO2)CC1. The molecule has 2 aliphatic heterocycles. The maximum atomic E-state index is 14.0. The highest BCUT2D eigenvalue weighted by molar-refractivity contribution is 5.80. The smallest absolute Gasteiger partial charge is 0.193 e. The Morgan fingerprint density at radius 1 is 1.30 bits per heavy atom. The van der Waals surface area contributed by atoms with Gasteiger partial charge in [0.1, 0.15) is 5.82 Å². The highest BCUT2D eigenvalue weighted by Crippen LogP contribution is 2.41. The fraction of sp³-hybridized carbons (Fsp3) is 0.667. The van der Waals surface area contributed by atoms with Gasteiger partial charge in [-0.15, -0.1) is 0 Å². The summed E-state index contributed by atoms with van der Waals surface area (Å²) in [6.07, 6.45) is 5.87. The Bertz CT molecular complexity index is 655. The number of halogens is 1. The lowest BCUT2D eigenvalue weighted by Gasteiger charge is -2.34. The average Bonchev–Trinajstić information content (AvgIpc) is 3.25. The molecule has 2 heterocycles. The van der Waals surface area contributed by atoms with Crippen molar-refractivity contribution in [2.75, 3.05) is 33.4 Å². The Morgan fingerprint density at radius 3 is 2.81 bits per heavy atom. The number of rotatable bonds is 5. The van der Waals surface area contributed by atoms with Gasteiger partial charge in [-0.1, -0.05) is 18.2 Å². The van der Waals surface area contributed by atoms with Gasteiger partial charge in [0.15, 0.2) is 5.96 Å². The molecule has 1 aromatic carbocycles. The first-order valence-electron chi connectivity index (χ1n) is 10.2. The van der Waals surface area contributed by atoms with Gasteiger partial charge in [-0.3, -0.25) is 4.99 Å². The summed E-state index contributed by atoms with van der Waals surface area (Å²) in [5.41, 5.74) is 0.812. The van der Waals surface area contributed by atoms with Crippen LogP contribution in [0.25, 0.3) is 0 Å². The molecule has 0 spiro atoms. The number of nitrogens with zero attached hydrogens (tertiary/aromatic N) is 2. The van der Waals surface area contributed by atoms with Crippen molar-refractivity contribution in [1.82, 2.24) is 10.2 Å². The van der Waals surface area contributed by atoms with E-state index >= 15 is 0 Å². The first kappa shape index (κ1) is 18.7. The Hall–Kier alpha value is -1.66. The number of hydrogen-bond acceptors (Lipinski definition) is 3. The molecule has 148 valence electrons. The fourth-order valence-electron chi connectivity index (χ4n) is 4.19. The standard InChI is InChI=1S/C21H30FN3O2/c1-23-21(24-20-13-18(20)17-6-2-3-7-19(17)22)25-10-8-15(9-11-25)27-14-16-5-4-12-26-16/h2-3,6-7,15-16,18,20H,4-5,8-14H2,1H3,(H,23,24). The Labute approximate surface area is 160 Å². The van der Waals surface area contributed by atoms with Crippen LogP contribution in [-0.2, 0) is 9.47 Å². The maximum Gasteiger partial charge on any atom is 0.193 e. The summed E-state index contributed by atoms with van der Waals surface area (Å²) in [6.45, 7) is 3.48. The number of aliphatic imine (C=N–C) groups is 1. The number of hydrogen-bond donors (Lipinski definition) is 1. The molecule has 0 radical (unpaired) electrons. The molecule has 6 heteroatoms. The van der Waals surface area contributed by atoms with Crippen molar-refractivity contribution in [2.24, 2.45) is 4.99 Å². The molecular formula is C21H30FN3O2. The molecule has 3 aliphatic rings. The fourth-order valence-corrected chi connectivity index (χ4v) is 4.19. The van der Waals surface area contributed by atoms with Crippen LogP contribution in [0.4, 0.5) is 4.39 Å². The summed E-state index contributed by atoms with van der Waals surface area (Å²) in [5.74, 6) is 1.07. The quantitative estimate of drug-likeness (QED) is 0.635. The summed E-state index contributed by atoms with van der Waals surface area (Å²) in [7, 11) is 1.82. The Morgan fingerprint density at radius 2 is 2.11 bits per heavy atom. The third-order valence-electron chi connectivity index (χ3n) is 5.90. The van der Waals surface area contributed by atoms with Crippen molar-refractivity contribution in [1.29, 1.82) is 0 Å². The van der Waals surface area contributed by atoms with Crippen LogP contribution < -0.4 is 5.32 Å². The van der Waals surface area contributed by atoms with Gasteiger partial charge < -0.3 is 19.7 Å². The van der Waals surface area contributed by atoms with Gasteiger partial charge >= 0.3 is 0 Å². The highest BCUT2D eigenvalue weighted by Gasteiger charge is 2.41. The van der Waals surface area contributed by atoms with Crippen molar-refractivity contribution in [2.45, 2.75) is 56.3 Å². The normalized spacial score (nSPS) is 29.2. The molecule has 0 bridgehead atoms. The van der Waals surface area contributed by atoms with Crippen molar-refractivity contribution in [3.8, 4) is 0 Å². The van der Waals surface area contributed by atoms with Gasteiger partial charge in [0.25, 0.3) is 0 Å². The Kier molecular flexibility index (Phi) is 5.93. The molecule has 1 saturated carbocycles. The van der Waals surface area contributed by atoms with Crippen molar-refractivity contribution in [3.05, 3.63) is 35.6 Å². The van der Waals surface area contributed by atoms with Crippen LogP contribution in [0.2, 0.25) is 0 Å². The lowest BCUT2D eigenvalue weighted by Crippen LogP contribution is -2.48. The van der Waals surface area contributed by atoms with Crippen molar-refractivity contribution in [3.63, 3.8) is 0 Å². The van der Waals surface area contributed by atoms with Crippen LogP contribution in [-0.4, -0.2) is 62.5 Å². The zero-order valence-corrected chi connectivity index (χ0v) is 16.1. The molecule has 1 N–H and O–H groups in total. The molecule has 0 aromatic heterocycles. The molecule has 0 amide bonds. The molecule has 2 saturated heterocycles. The summed E-state index contributed by atoms with van der Waals surface area (Å²) in [5, 5.41) is 3.53. The maximum absolute atomic E-state index is 14.0. The van der Waals surface area contributed by atoms with Crippen LogP contribution in [0, 0.1) is 5.82 Å².